The first-order valence-electron chi connectivity index (χ1n) is 9.13. The van der Waals surface area contributed by atoms with Gasteiger partial charge in [0.25, 0.3) is 5.91 Å². The highest BCUT2D eigenvalue weighted by Crippen LogP contribution is 2.26. The number of amides is 1. The number of rotatable bonds is 6. The monoisotopic (exact) mass is 409 g/mol. The molecule has 0 radical (unpaired) electrons. The molecular formula is C20H20FN7O2. The van der Waals surface area contributed by atoms with Crippen molar-refractivity contribution in [2.45, 2.75) is 26.0 Å². The Labute approximate surface area is 171 Å². The number of hydrogen-bond donors (Lipinski definition) is 4. The van der Waals surface area contributed by atoms with Gasteiger partial charge in [-0.05, 0) is 38.1 Å². The number of hydrogen-bond acceptors (Lipinski definition) is 8. The van der Waals surface area contributed by atoms with Crippen LogP contribution in [0.5, 0.6) is 0 Å². The number of fused-ring (bicyclic) bond motifs is 1. The molecule has 1 aromatic carbocycles. The minimum absolute atomic E-state index is 0.0269. The topological polar surface area (TPSA) is 150 Å². The highest BCUT2D eigenvalue weighted by atomic mass is 19.1. The maximum Gasteiger partial charge on any atom is 0.253 e. The van der Waals surface area contributed by atoms with Gasteiger partial charge in [-0.2, -0.15) is 5.26 Å². The van der Waals surface area contributed by atoms with Crippen LogP contribution in [0, 0.1) is 17.1 Å². The van der Waals surface area contributed by atoms with Crippen molar-refractivity contribution in [1.29, 1.82) is 5.26 Å². The molecule has 10 heteroatoms. The van der Waals surface area contributed by atoms with E-state index < -0.39 is 23.9 Å². The molecule has 154 valence electrons. The minimum atomic E-state index is -0.735. The summed E-state index contributed by atoms with van der Waals surface area (Å²) in [5, 5.41) is 24.9. The molecule has 5 N–H and O–H groups in total. The summed E-state index contributed by atoms with van der Waals surface area (Å²) >= 11 is 0. The van der Waals surface area contributed by atoms with E-state index in [9.17, 15) is 19.6 Å². The summed E-state index contributed by atoms with van der Waals surface area (Å²) in [5.74, 6) is -0.692. The van der Waals surface area contributed by atoms with Crippen molar-refractivity contribution in [2.24, 2.45) is 0 Å². The molecule has 0 saturated carbocycles. The second-order valence-electron chi connectivity index (χ2n) is 6.78. The smallest absolute Gasteiger partial charge is 0.253 e. The maximum absolute atomic E-state index is 13.7. The van der Waals surface area contributed by atoms with Crippen LogP contribution in [-0.4, -0.2) is 38.6 Å². The average molecular weight is 409 g/mol. The molecule has 2 heterocycles. The lowest BCUT2D eigenvalue weighted by Gasteiger charge is -2.19. The van der Waals surface area contributed by atoms with Crippen LogP contribution >= 0.6 is 0 Å². The second kappa shape index (κ2) is 8.67. The summed E-state index contributed by atoms with van der Waals surface area (Å²) in [6.45, 7) is 3.33. The van der Waals surface area contributed by atoms with Gasteiger partial charge in [-0.15, -0.1) is 0 Å². The van der Waals surface area contributed by atoms with Gasteiger partial charge in [0.1, 0.15) is 35.4 Å². The van der Waals surface area contributed by atoms with Crippen molar-refractivity contribution >= 4 is 28.4 Å². The molecular weight excluding hydrogens is 389 g/mol. The number of nitrogens with two attached hydrogens (primary N) is 1. The number of nitrogens with one attached hydrogen (secondary N) is 2. The SMILES string of the molecule is CC(O)CNC(=O)c1cc2cc(F)ccc2nc1[C@H](C)Nc1ncnc(N)c1C#N. The van der Waals surface area contributed by atoms with Crippen molar-refractivity contribution in [2.75, 3.05) is 17.6 Å². The van der Waals surface area contributed by atoms with E-state index in [1.54, 1.807) is 13.8 Å². The van der Waals surface area contributed by atoms with E-state index >= 15 is 0 Å². The predicted octanol–water partition coefficient (Wildman–Crippen LogP) is 1.90. The Bertz CT molecular complexity index is 1140. The van der Waals surface area contributed by atoms with Crippen molar-refractivity contribution in [3.05, 3.63) is 53.2 Å². The lowest BCUT2D eigenvalue weighted by Crippen LogP contribution is -2.32. The van der Waals surface area contributed by atoms with E-state index in [-0.39, 0.29) is 29.3 Å². The highest BCUT2D eigenvalue weighted by molar-refractivity contribution is 5.99. The maximum atomic E-state index is 13.7. The molecule has 0 spiro atoms. The number of halogens is 1. The number of nitrogens with zero attached hydrogens (tertiary/aromatic N) is 4. The molecule has 1 amide bonds. The van der Waals surface area contributed by atoms with Gasteiger partial charge in [-0.3, -0.25) is 4.79 Å². The molecule has 0 aliphatic carbocycles. The first-order chi connectivity index (χ1) is 14.3. The highest BCUT2D eigenvalue weighted by Gasteiger charge is 2.21. The fourth-order valence-corrected chi connectivity index (χ4v) is 2.90. The third-order valence-corrected chi connectivity index (χ3v) is 4.36. The summed E-state index contributed by atoms with van der Waals surface area (Å²) in [4.78, 5) is 25.1. The molecule has 3 rings (SSSR count). The number of carbonyl (C=O) groups is 1. The molecule has 30 heavy (non-hydrogen) atoms. The fraction of sp³-hybridized carbons (Fsp3) is 0.250. The van der Waals surface area contributed by atoms with Gasteiger partial charge in [0.15, 0.2) is 0 Å². The first kappa shape index (κ1) is 20.9. The lowest BCUT2D eigenvalue weighted by atomic mass is 10.0. The Kier molecular flexibility index (Phi) is 6.03. The molecule has 0 aliphatic rings. The number of pyridine rings is 1. The number of aliphatic hydroxyl groups is 1. The second-order valence-corrected chi connectivity index (χ2v) is 6.78. The third-order valence-electron chi connectivity index (χ3n) is 4.36. The molecule has 2 aromatic heterocycles. The molecule has 0 bridgehead atoms. The quantitative estimate of drug-likeness (QED) is 0.482. The Morgan fingerprint density at radius 2 is 2.10 bits per heavy atom. The fourth-order valence-electron chi connectivity index (χ4n) is 2.90. The van der Waals surface area contributed by atoms with Gasteiger partial charge >= 0.3 is 0 Å². The van der Waals surface area contributed by atoms with Crippen LogP contribution in [0.2, 0.25) is 0 Å². The summed E-state index contributed by atoms with van der Waals surface area (Å²) in [6.07, 6.45) is 0.485. The number of aromatic nitrogens is 3. The van der Waals surface area contributed by atoms with Crippen molar-refractivity contribution in [1.82, 2.24) is 20.3 Å². The zero-order valence-corrected chi connectivity index (χ0v) is 16.3. The number of anilines is 2. The lowest BCUT2D eigenvalue weighted by molar-refractivity contribution is 0.0922. The summed E-state index contributed by atoms with van der Waals surface area (Å²) in [5.41, 5.74) is 6.86. The van der Waals surface area contributed by atoms with Gasteiger partial charge in [-0.1, -0.05) is 0 Å². The number of aliphatic hydroxyl groups excluding tert-OH is 1. The zero-order chi connectivity index (χ0) is 21.8. The molecule has 1 unspecified atom stereocenters. The Morgan fingerprint density at radius 3 is 2.80 bits per heavy atom. The predicted molar refractivity (Wildman–Crippen MR) is 109 cm³/mol. The third kappa shape index (κ3) is 4.42. The average Bonchev–Trinajstić information content (AvgIpc) is 2.71. The van der Waals surface area contributed by atoms with Gasteiger partial charge in [0.05, 0.1) is 28.9 Å². The standard InChI is InChI=1S/C20H20FN7O2/c1-10(29)8-24-20(30)14-6-12-5-13(21)3-4-16(12)28-17(14)11(2)27-19-15(7-22)18(23)25-9-26-19/h3-6,9-11,29H,8H2,1-2H3,(H,24,30)(H3,23,25,26,27)/t10?,11-/m0/s1. The Balaban J connectivity index is 2.05. The number of benzene rings is 1. The van der Waals surface area contributed by atoms with Crippen LogP contribution in [0.1, 0.15) is 41.5 Å². The van der Waals surface area contributed by atoms with E-state index in [0.29, 0.717) is 16.6 Å². The van der Waals surface area contributed by atoms with Crippen LogP contribution < -0.4 is 16.4 Å². The van der Waals surface area contributed by atoms with Gasteiger partial charge in [0.2, 0.25) is 0 Å². The van der Waals surface area contributed by atoms with E-state index in [4.69, 9.17) is 5.73 Å². The Morgan fingerprint density at radius 1 is 1.33 bits per heavy atom. The van der Waals surface area contributed by atoms with Crippen molar-refractivity contribution in [3.63, 3.8) is 0 Å². The van der Waals surface area contributed by atoms with Crippen LogP contribution in [0.15, 0.2) is 30.6 Å². The van der Waals surface area contributed by atoms with E-state index in [1.807, 2.05) is 6.07 Å². The van der Waals surface area contributed by atoms with Gasteiger partial charge in [-0.25, -0.2) is 19.3 Å². The van der Waals surface area contributed by atoms with Crippen molar-refractivity contribution in [3.8, 4) is 6.07 Å². The van der Waals surface area contributed by atoms with Gasteiger partial charge in [0, 0.05) is 11.9 Å². The molecule has 0 saturated heterocycles. The van der Waals surface area contributed by atoms with Crippen LogP contribution in [0.25, 0.3) is 10.9 Å². The molecule has 0 aliphatic heterocycles. The molecule has 2 atom stereocenters. The van der Waals surface area contributed by atoms with E-state index in [2.05, 4.69) is 25.6 Å². The normalized spacial score (nSPS) is 12.8. The van der Waals surface area contributed by atoms with Crippen molar-refractivity contribution < 1.29 is 14.3 Å². The number of carbonyl (C=O) groups excluding carboxylic acids is 1. The summed E-state index contributed by atoms with van der Waals surface area (Å²) in [7, 11) is 0. The van der Waals surface area contributed by atoms with E-state index in [0.717, 1.165) is 0 Å². The minimum Gasteiger partial charge on any atom is -0.392 e. The van der Waals surface area contributed by atoms with E-state index in [1.165, 1.54) is 30.6 Å². The summed E-state index contributed by atoms with van der Waals surface area (Å²) < 4.78 is 13.7. The molecule has 9 nitrogen and oxygen atoms in total. The van der Waals surface area contributed by atoms with Gasteiger partial charge < -0.3 is 21.5 Å². The first-order valence-corrected chi connectivity index (χ1v) is 9.13. The number of nitrogen functional groups attached to an aromatic ring is 1. The molecule has 0 fully saturated rings. The van der Waals surface area contributed by atoms with Crippen LogP contribution in [0.3, 0.4) is 0 Å². The van der Waals surface area contributed by atoms with Crippen LogP contribution in [0.4, 0.5) is 16.0 Å². The molecule has 3 aromatic rings. The number of nitriles is 1. The largest absolute Gasteiger partial charge is 0.392 e. The summed E-state index contributed by atoms with van der Waals surface area (Å²) in [6, 6.07) is 7.00. The van der Waals surface area contributed by atoms with Crippen LogP contribution in [-0.2, 0) is 0 Å². The Hall–Kier alpha value is -3.84. The zero-order valence-electron chi connectivity index (χ0n) is 16.3.